The number of nitrogens with zero attached hydrogens (tertiary/aromatic N) is 5. The zero-order valence-electron chi connectivity index (χ0n) is 19.8. The average Bonchev–Trinajstić information content (AvgIpc) is 2.80. The Morgan fingerprint density at radius 2 is 1.82 bits per heavy atom. The van der Waals surface area contributed by atoms with Gasteiger partial charge in [-0.1, -0.05) is 50.6 Å². The maximum atomic E-state index is 13.1. The van der Waals surface area contributed by atoms with Crippen LogP contribution in [0.3, 0.4) is 0 Å². The first kappa shape index (κ1) is 23.6. The van der Waals surface area contributed by atoms with Gasteiger partial charge < -0.3 is 4.74 Å². The van der Waals surface area contributed by atoms with Gasteiger partial charge in [-0.3, -0.25) is 14.3 Å². The van der Waals surface area contributed by atoms with Crippen molar-refractivity contribution in [1.29, 1.82) is 0 Å². The third kappa shape index (κ3) is 4.99. The zero-order chi connectivity index (χ0) is 24.5. The van der Waals surface area contributed by atoms with Crippen molar-refractivity contribution in [3.8, 4) is 22.8 Å². The molecule has 34 heavy (non-hydrogen) atoms. The monoisotopic (exact) mass is 475 g/mol. The SMILES string of the molecule is Cc1cccc(COc2ncn(-c3cc(-c4ccnc(C(C)(C)C)n4)ccc3C)c(=O)c2Cl)n1. The first-order valence-electron chi connectivity index (χ1n) is 10.9. The molecular formula is C26H26ClN5O2. The van der Waals surface area contributed by atoms with Gasteiger partial charge in [0.2, 0.25) is 5.88 Å². The number of pyridine rings is 1. The average molecular weight is 476 g/mol. The molecule has 0 radical (unpaired) electrons. The van der Waals surface area contributed by atoms with Gasteiger partial charge >= 0.3 is 0 Å². The minimum Gasteiger partial charge on any atom is -0.470 e. The Morgan fingerprint density at radius 1 is 1.03 bits per heavy atom. The molecule has 0 bridgehead atoms. The van der Waals surface area contributed by atoms with E-state index in [1.165, 1.54) is 10.9 Å². The highest BCUT2D eigenvalue weighted by Gasteiger charge is 2.19. The third-order valence-electron chi connectivity index (χ3n) is 5.28. The van der Waals surface area contributed by atoms with E-state index in [4.69, 9.17) is 21.3 Å². The Balaban J connectivity index is 1.67. The second-order valence-corrected chi connectivity index (χ2v) is 9.49. The molecule has 0 atom stereocenters. The van der Waals surface area contributed by atoms with Crippen LogP contribution in [0, 0.1) is 13.8 Å². The van der Waals surface area contributed by atoms with E-state index >= 15 is 0 Å². The lowest BCUT2D eigenvalue weighted by Gasteiger charge is -2.17. The van der Waals surface area contributed by atoms with E-state index in [0.717, 1.165) is 34.0 Å². The van der Waals surface area contributed by atoms with Crippen LogP contribution < -0.4 is 10.3 Å². The van der Waals surface area contributed by atoms with Crippen LogP contribution in [0.2, 0.25) is 5.02 Å². The van der Waals surface area contributed by atoms with E-state index in [1.54, 1.807) is 6.20 Å². The molecule has 0 N–H and O–H groups in total. The largest absolute Gasteiger partial charge is 0.470 e. The summed E-state index contributed by atoms with van der Waals surface area (Å²) in [4.78, 5) is 30.9. The maximum absolute atomic E-state index is 13.1. The van der Waals surface area contributed by atoms with Crippen LogP contribution in [0.5, 0.6) is 5.88 Å². The number of rotatable bonds is 5. The molecule has 4 rings (SSSR count). The van der Waals surface area contributed by atoms with Crippen molar-refractivity contribution < 1.29 is 4.74 Å². The minimum absolute atomic E-state index is 0.0747. The summed E-state index contributed by atoms with van der Waals surface area (Å²) >= 11 is 6.36. The van der Waals surface area contributed by atoms with Crippen LogP contribution in [0.25, 0.3) is 16.9 Å². The molecule has 0 aliphatic carbocycles. The highest BCUT2D eigenvalue weighted by Crippen LogP contribution is 2.26. The van der Waals surface area contributed by atoms with Gasteiger partial charge in [-0.25, -0.2) is 15.0 Å². The molecule has 7 nitrogen and oxygen atoms in total. The van der Waals surface area contributed by atoms with Crippen molar-refractivity contribution in [3.63, 3.8) is 0 Å². The lowest BCUT2D eigenvalue weighted by molar-refractivity contribution is 0.287. The second-order valence-electron chi connectivity index (χ2n) is 9.11. The van der Waals surface area contributed by atoms with Gasteiger partial charge in [-0.05, 0) is 43.7 Å². The number of benzene rings is 1. The molecule has 0 aliphatic rings. The van der Waals surface area contributed by atoms with Crippen LogP contribution in [-0.4, -0.2) is 24.5 Å². The van der Waals surface area contributed by atoms with Gasteiger partial charge in [0.25, 0.3) is 5.56 Å². The molecule has 0 aliphatic heterocycles. The maximum Gasteiger partial charge on any atom is 0.280 e. The molecule has 3 heterocycles. The van der Waals surface area contributed by atoms with Crippen molar-refractivity contribution in [2.24, 2.45) is 0 Å². The van der Waals surface area contributed by atoms with E-state index in [-0.39, 0.29) is 22.9 Å². The first-order valence-corrected chi connectivity index (χ1v) is 11.3. The summed E-state index contributed by atoms with van der Waals surface area (Å²) in [6, 6.07) is 13.3. The predicted molar refractivity (Wildman–Crippen MR) is 133 cm³/mol. The number of hydrogen-bond acceptors (Lipinski definition) is 6. The summed E-state index contributed by atoms with van der Waals surface area (Å²) in [6.45, 7) is 10.2. The Hall–Kier alpha value is -3.58. The molecule has 4 aromatic rings. The predicted octanol–water partition coefficient (Wildman–Crippen LogP) is 5.23. The van der Waals surface area contributed by atoms with E-state index < -0.39 is 5.56 Å². The number of aromatic nitrogens is 5. The van der Waals surface area contributed by atoms with E-state index in [2.05, 4.69) is 35.7 Å². The van der Waals surface area contributed by atoms with Crippen molar-refractivity contribution >= 4 is 11.6 Å². The summed E-state index contributed by atoms with van der Waals surface area (Å²) in [7, 11) is 0. The van der Waals surface area contributed by atoms with Gasteiger partial charge in [0.05, 0.1) is 17.1 Å². The topological polar surface area (TPSA) is 82.8 Å². The molecule has 0 fully saturated rings. The van der Waals surface area contributed by atoms with E-state index in [9.17, 15) is 4.79 Å². The zero-order valence-corrected chi connectivity index (χ0v) is 20.6. The number of aryl methyl sites for hydroxylation is 2. The molecule has 0 unspecified atom stereocenters. The molecule has 174 valence electrons. The molecule has 3 aromatic heterocycles. The lowest BCUT2D eigenvalue weighted by Crippen LogP contribution is -2.21. The molecule has 0 saturated heterocycles. The fourth-order valence-electron chi connectivity index (χ4n) is 3.42. The Morgan fingerprint density at radius 3 is 2.56 bits per heavy atom. The van der Waals surface area contributed by atoms with Crippen LogP contribution in [0.1, 0.15) is 43.5 Å². The molecule has 0 saturated carbocycles. The fourth-order valence-corrected chi connectivity index (χ4v) is 3.61. The number of ether oxygens (including phenoxy) is 1. The summed E-state index contributed by atoms with van der Waals surface area (Å²) < 4.78 is 7.10. The van der Waals surface area contributed by atoms with Crippen molar-refractivity contribution in [1.82, 2.24) is 24.5 Å². The first-order chi connectivity index (χ1) is 16.1. The molecule has 0 amide bonds. The van der Waals surface area contributed by atoms with Gasteiger partial charge in [0.1, 0.15) is 18.8 Å². The summed E-state index contributed by atoms with van der Waals surface area (Å²) in [5, 5.41) is -0.0861. The van der Waals surface area contributed by atoms with Gasteiger partial charge in [-0.2, -0.15) is 0 Å². The second kappa shape index (κ2) is 9.35. The lowest BCUT2D eigenvalue weighted by atomic mass is 9.95. The summed E-state index contributed by atoms with van der Waals surface area (Å²) in [5.41, 5.74) is 4.21. The fraction of sp³-hybridized carbons (Fsp3) is 0.269. The number of hydrogen-bond donors (Lipinski definition) is 0. The van der Waals surface area contributed by atoms with Gasteiger partial charge in [-0.15, -0.1) is 0 Å². The van der Waals surface area contributed by atoms with Crippen LogP contribution in [-0.2, 0) is 12.0 Å². The molecule has 1 aromatic carbocycles. The van der Waals surface area contributed by atoms with E-state index in [0.29, 0.717) is 5.69 Å². The Labute approximate surface area is 203 Å². The van der Waals surface area contributed by atoms with Crippen LogP contribution >= 0.6 is 11.6 Å². The molecule has 8 heteroatoms. The van der Waals surface area contributed by atoms with Crippen molar-refractivity contribution in [3.05, 3.63) is 93.1 Å². The highest BCUT2D eigenvalue weighted by atomic mass is 35.5. The standard InChI is InChI=1S/C26H26ClN5O2/c1-16-9-10-18(20-11-12-28-25(31-20)26(3,4)5)13-21(16)32-15-29-23(22(27)24(32)33)34-14-19-8-6-7-17(2)30-19/h6-13,15H,14H2,1-5H3. The van der Waals surface area contributed by atoms with Gasteiger partial charge in [0, 0.05) is 22.9 Å². The normalized spacial score (nSPS) is 11.5. The van der Waals surface area contributed by atoms with Crippen LogP contribution in [0.4, 0.5) is 0 Å². The highest BCUT2D eigenvalue weighted by molar-refractivity contribution is 6.31. The molecular weight excluding hydrogens is 450 g/mol. The molecule has 0 spiro atoms. The van der Waals surface area contributed by atoms with Crippen molar-refractivity contribution in [2.75, 3.05) is 0 Å². The van der Waals surface area contributed by atoms with E-state index in [1.807, 2.05) is 56.3 Å². The third-order valence-corrected chi connectivity index (χ3v) is 5.60. The number of halogens is 1. The van der Waals surface area contributed by atoms with Gasteiger partial charge in [0.15, 0.2) is 5.02 Å². The minimum atomic E-state index is -0.415. The summed E-state index contributed by atoms with van der Waals surface area (Å²) in [6.07, 6.45) is 3.18. The summed E-state index contributed by atoms with van der Waals surface area (Å²) in [5.74, 6) is 0.823. The van der Waals surface area contributed by atoms with Crippen molar-refractivity contribution in [2.45, 2.75) is 46.6 Å². The Kier molecular flexibility index (Phi) is 6.48. The quantitative estimate of drug-likeness (QED) is 0.393. The smallest absolute Gasteiger partial charge is 0.280 e. The van der Waals surface area contributed by atoms with Crippen LogP contribution in [0.15, 0.2) is 59.8 Å². The Bertz CT molecular complexity index is 1410.